The Morgan fingerprint density at radius 2 is 1.78 bits per heavy atom. The van der Waals surface area contributed by atoms with Crippen LogP contribution >= 0.6 is 0 Å². The van der Waals surface area contributed by atoms with Gasteiger partial charge in [-0.3, -0.25) is 0 Å². The number of nitrogens with one attached hydrogen (secondary N) is 1. The number of aryl methyl sites for hydroxylation is 2. The summed E-state index contributed by atoms with van der Waals surface area (Å²) in [5, 5.41) is 0. The van der Waals surface area contributed by atoms with E-state index in [1.54, 1.807) is 13.0 Å². The molecule has 0 radical (unpaired) electrons. The van der Waals surface area contributed by atoms with Gasteiger partial charge in [0.05, 0.1) is 5.69 Å². The number of anilines is 1. The SMILES string of the molecule is Cc1ccc(C)c(S(=O)(=O)NC2(C)CCC2)c1N. The Morgan fingerprint density at radius 1 is 1.22 bits per heavy atom. The summed E-state index contributed by atoms with van der Waals surface area (Å²) in [5.74, 6) is 0. The van der Waals surface area contributed by atoms with Crippen LogP contribution in [0.2, 0.25) is 0 Å². The van der Waals surface area contributed by atoms with Gasteiger partial charge in [0, 0.05) is 5.54 Å². The minimum atomic E-state index is -3.54. The third kappa shape index (κ3) is 2.24. The molecule has 4 nitrogen and oxygen atoms in total. The maximum absolute atomic E-state index is 12.4. The quantitative estimate of drug-likeness (QED) is 0.825. The molecule has 1 aliphatic rings. The van der Waals surface area contributed by atoms with Gasteiger partial charge < -0.3 is 5.73 Å². The van der Waals surface area contributed by atoms with Crippen LogP contribution in [0.3, 0.4) is 0 Å². The lowest BCUT2D eigenvalue weighted by molar-refractivity contribution is 0.248. The van der Waals surface area contributed by atoms with Crippen molar-refractivity contribution >= 4 is 15.7 Å². The highest BCUT2D eigenvalue weighted by atomic mass is 32.2. The summed E-state index contributed by atoms with van der Waals surface area (Å²) in [6.45, 7) is 5.53. The fourth-order valence-corrected chi connectivity index (χ4v) is 4.25. The molecule has 1 fully saturated rings. The van der Waals surface area contributed by atoms with Gasteiger partial charge in [0.25, 0.3) is 0 Å². The molecule has 5 heteroatoms. The summed E-state index contributed by atoms with van der Waals surface area (Å²) in [6.07, 6.45) is 2.84. The zero-order valence-electron chi connectivity index (χ0n) is 11.1. The summed E-state index contributed by atoms with van der Waals surface area (Å²) in [6, 6.07) is 3.64. The Labute approximate surface area is 109 Å². The van der Waals surface area contributed by atoms with E-state index in [1.807, 2.05) is 19.9 Å². The molecule has 0 heterocycles. The number of hydrogen-bond acceptors (Lipinski definition) is 3. The van der Waals surface area contributed by atoms with Crippen LogP contribution in [0.1, 0.15) is 37.3 Å². The normalized spacial score (nSPS) is 18.4. The van der Waals surface area contributed by atoms with E-state index in [-0.39, 0.29) is 10.4 Å². The molecule has 1 aromatic carbocycles. The molecule has 0 atom stereocenters. The lowest BCUT2D eigenvalue weighted by Crippen LogP contribution is -2.51. The van der Waals surface area contributed by atoms with Gasteiger partial charge in [-0.05, 0) is 51.2 Å². The third-order valence-corrected chi connectivity index (χ3v) is 5.56. The molecular weight excluding hydrogens is 248 g/mol. The van der Waals surface area contributed by atoms with E-state index in [2.05, 4.69) is 4.72 Å². The van der Waals surface area contributed by atoms with E-state index < -0.39 is 10.0 Å². The van der Waals surface area contributed by atoms with Crippen LogP contribution in [0.5, 0.6) is 0 Å². The molecule has 1 aliphatic carbocycles. The molecule has 1 aromatic rings. The van der Waals surface area contributed by atoms with Gasteiger partial charge in [0.1, 0.15) is 4.90 Å². The molecule has 18 heavy (non-hydrogen) atoms. The molecule has 0 aliphatic heterocycles. The second kappa shape index (κ2) is 4.24. The Bertz CT molecular complexity index is 575. The summed E-state index contributed by atoms with van der Waals surface area (Å²) in [5.41, 5.74) is 7.46. The van der Waals surface area contributed by atoms with Crippen LogP contribution in [-0.4, -0.2) is 14.0 Å². The van der Waals surface area contributed by atoms with Crippen LogP contribution in [0.4, 0.5) is 5.69 Å². The van der Waals surface area contributed by atoms with Crippen molar-refractivity contribution in [2.45, 2.75) is 50.5 Å². The highest BCUT2D eigenvalue weighted by Crippen LogP contribution is 2.34. The molecule has 1 saturated carbocycles. The second-order valence-electron chi connectivity index (χ2n) is 5.46. The number of rotatable bonds is 3. The maximum atomic E-state index is 12.4. The fourth-order valence-electron chi connectivity index (χ4n) is 2.35. The van der Waals surface area contributed by atoms with Crippen LogP contribution < -0.4 is 10.5 Å². The van der Waals surface area contributed by atoms with Crippen molar-refractivity contribution in [3.8, 4) is 0 Å². The average molecular weight is 268 g/mol. The van der Waals surface area contributed by atoms with Gasteiger partial charge in [-0.2, -0.15) is 0 Å². The molecule has 0 unspecified atom stereocenters. The van der Waals surface area contributed by atoms with Gasteiger partial charge in [-0.15, -0.1) is 0 Å². The third-order valence-electron chi connectivity index (χ3n) is 3.72. The lowest BCUT2D eigenvalue weighted by atomic mass is 9.80. The maximum Gasteiger partial charge on any atom is 0.243 e. The molecule has 0 spiro atoms. The zero-order valence-corrected chi connectivity index (χ0v) is 11.9. The predicted octanol–water partition coefficient (Wildman–Crippen LogP) is 2.11. The van der Waals surface area contributed by atoms with Gasteiger partial charge in [0.2, 0.25) is 10.0 Å². The minimum absolute atomic E-state index is 0.232. The molecular formula is C13H20N2O2S. The molecule has 2 rings (SSSR count). The Morgan fingerprint density at radius 3 is 2.28 bits per heavy atom. The smallest absolute Gasteiger partial charge is 0.243 e. The lowest BCUT2D eigenvalue weighted by Gasteiger charge is -2.38. The van der Waals surface area contributed by atoms with Gasteiger partial charge in [-0.25, -0.2) is 13.1 Å². The largest absolute Gasteiger partial charge is 0.397 e. The first kappa shape index (κ1) is 13.4. The van der Waals surface area contributed by atoms with E-state index in [9.17, 15) is 8.42 Å². The van der Waals surface area contributed by atoms with Crippen molar-refractivity contribution in [2.75, 3.05) is 5.73 Å². The van der Waals surface area contributed by atoms with E-state index in [1.165, 1.54) is 0 Å². The van der Waals surface area contributed by atoms with Crippen molar-refractivity contribution in [2.24, 2.45) is 0 Å². The van der Waals surface area contributed by atoms with E-state index in [4.69, 9.17) is 5.73 Å². The Kier molecular flexibility index (Phi) is 3.15. The average Bonchev–Trinajstić information content (AvgIpc) is 2.21. The summed E-state index contributed by atoms with van der Waals surface area (Å²) in [7, 11) is -3.54. The zero-order chi connectivity index (χ0) is 13.6. The summed E-state index contributed by atoms with van der Waals surface area (Å²) < 4.78 is 27.7. The van der Waals surface area contributed by atoms with Crippen molar-refractivity contribution in [1.29, 1.82) is 0 Å². The summed E-state index contributed by atoms with van der Waals surface area (Å²) in [4.78, 5) is 0.232. The Hall–Kier alpha value is -1.07. The number of sulfonamides is 1. The van der Waals surface area contributed by atoms with Crippen LogP contribution in [0.15, 0.2) is 17.0 Å². The molecule has 0 aromatic heterocycles. The van der Waals surface area contributed by atoms with E-state index in [0.717, 1.165) is 24.8 Å². The van der Waals surface area contributed by atoms with Crippen LogP contribution in [0, 0.1) is 13.8 Å². The van der Waals surface area contributed by atoms with Crippen molar-refractivity contribution in [3.63, 3.8) is 0 Å². The first-order valence-corrected chi connectivity index (χ1v) is 7.63. The molecule has 100 valence electrons. The number of nitrogen functional groups attached to an aromatic ring is 1. The fraction of sp³-hybridized carbons (Fsp3) is 0.538. The standard InChI is InChI=1S/C13H20N2O2S/c1-9-5-6-10(2)12(11(9)14)18(16,17)15-13(3)7-4-8-13/h5-6,15H,4,7-8,14H2,1-3H3. The van der Waals surface area contributed by atoms with E-state index >= 15 is 0 Å². The highest BCUT2D eigenvalue weighted by Gasteiger charge is 2.37. The molecule has 0 bridgehead atoms. The topological polar surface area (TPSA) is 72.2 Å². The molecule has 0 saturated heterocycles. The number of benzene rings is 1. The monoisotopic (exact) mass is 268 g/mol. The van der Waals surface area contributed by atoms with Gasteiger partial charge in [-0.1, -0.05) is 12.1 Å². The van der Waals surface area contributed by atoms with Gasteiger partial charge >= 0.3 is 0 Å². The van der Waals surface area contributed by atoms with E-state index in [0.29, 0.717) is 11.3 Å². The highest BCUT2D eigenvalue weighted by molar-refractivity contribution is 7.89. The Balaban J connectivity index is 2.44. The molecule has 0 amide bonds. The van der Waals surface area contributed by atoms with Crippen LogP contribution in [0.25, 0.3) is 0 Å². The summed E-state index contributed by atoms with van der Waals surface area (Å²) >= 11 is 0. The minimum Gasteiger partial charge on any atom is -0.397 e. The predicted molar refractivity (Wildman–Crippen MR) is 72.9 cm³/mol. The van der Waals surface area contributed by atoms with Crippen molar-refractivity contribution in [3.05, 3.63) is 23.3 Å². The second-order valence-corrected chi connectivity index (χ2v) is 7.08. The van der Waals surface area contributed by atoms with Crippen molar-refractivity contribution in [1.82, 2.24) is 4.72 Å². The molecule has 3 N–H and O–H groups in total. The van der Waals surface area contributed by atoms with Crippen molar-refractivity contribution < 1.29 is 8.42 Å². The van der Waals surface area contributed by atoms with Crippen LogP contribution in [-0.2, 0) is 10.0 Å². The first-order valence-electron chi connectivity index (χ1n) is 6.15. The first-order chi connectivity index (χ1) is 8.25. The number of hydrogen-bond donors (Lipinski definition) is 2. The number of nitrogens with two attached hydrogens (primary N) is 1. The van der Waals surface area contributed by atoms with Gasteiger partial charge in [0.15, 0.2) is 0 Å².